The molecule has 0 aliphatic rings. The summed E-state index contributed by atoms with van der Waals surface area (Å²) in [5.74, 6) is -0.108. The molecule has 0 spiro atoms. The van der Waals surface area contributed by atoms with E-state index in [0.29, 0.717) is 17.1 Å². The van der Waals surface area contributed by atoms with E-state index in [1.807, 2.05) is 65.5 Å². The Balaban J connectivity index is 1.71. The summed E-state index contributed by atoms with van der Waals surface area (Å²) < 4.78 is 6.85. The van der Waals surface area contributed by atoms with Gasteiger partial charge in [0.1, 0.15) is 6.26 Å². The monoisotopic (exact) mass is 391 g/mol. The average Bonchev–Trinajstić information content (AvgIpc) is 3.39. The minimum atomic E-state index is -0.108. The molecule has 4 rings (SSSR count). The van der Waals surface area contributed by atoms with Crippen LogP contribution in [0, 0.1) is 0 Å². The number of aromatic nitrogens is 2. The van der Waals surface area contributed by atoms with Crippen molar-refractivity contribution in [3.8, 4) is 16.9 Å². The van der Waals surface area contributed by atoms with Crippen LogP contribution in [-0.4, -0.2) is 27.6 Å². The lowest BCUT2D eigenvalue weighted by molar-refractivity contribution is 0.0784. The van der Waals surface area contributed by atoms with Crippen molar-refractivity contribution >= 4 is 17.5 Å². The molecular formula is C22H18ClN3O2. The van der Waals surface area contributed by atoms with Gasteiger partial charge in [-0.1, -0.05) is 41.9 Å². The van der Waals surface area contributed by atoms with Crippen molar-refractivity contribution in [3.05, 3.63) is 95.5 Å². The van der Waals surface area contributed by atoms with Crippen LogP contribution in [0.15, 0.2) is 83.8 Å². The van der Waals surface area contributed by atoms with Crippen molar-refractivity contribution in [3.63, 3.8) is 0 Å². The Kier molecular flexibility index (Phi) is 5.00. The molecule has 2 heterocycles. The first-order valence-corrected chi connectivity index (χ1v) is 9.17. The summed E-state index contributed by atoms with van der Waals surface area (Å²) in [6, 6.07) is 19.1. The smallest absolute Gasteiger partial charge is 0.257 e. The fourth-order valence-electron chi connectivity index (χ4n) is 3.02. The van der Waals surface area contributed by atoms with Crippen LogP contribution < -0.4 is 0 Å². The molecule has 140 valence electrons. The summed E-state index contributed by atoms with van der Waals surface area (Å²) in [6.45, 7) is 0.412. The summed E-state index contributed by atoms with van der Waals surface area (Å²) in [4.78, 5) is 14.3. The lowest BCUT2D eigenvalue weighted by Gasteiger charge is -2.16. The maximum Gasteiger partial charge on any atom is 0.257 e. The lowest BCUT2D eigenvalue weighted by Crippen LogP contribution is -2.25. The van der Waals surface area contributed by atoms with E-state index in [4.69, 9.17) is 21.1 Å². The second kappa shape index (κ2) is 7.74. The summed E-state index contributed by atoms with van der Waals surface area (Å²) in [7, 11) is 1.76. The normalized spacial score (nSPS) is 10.8. The van der Waals surface area contributed by atoms with E-state index in [1.54, 1.807) is 18.0 Å². The molecule has 0 aliphatic carbocycles. The predicted molar refractivity (Wildman–Crippen MR) is 109 cm³/mol. The Morgan fingerprint density at radius 3 is 2.54 bits per heavy atom. The van der Waals surface area contributed by atoms with Crippen LogP contribution in [-0.2, 0) is 6.54 Å². The highest BCUT2D eigenvalue weighted by atomic mass is 35.5. The van der Waals surface area contributed by atoms with Crippen molar-refractivity contribution in [1.82, 2.24) is 14.7 Å². The zero-order valence-electron chi connectivity index (χ0n) is 15.2. The SMILES string of the molecule is CN(Cc1cn(-c2ccccc2)nc1-c1ccc(Cl)cc1)C(=O)c1ccoc1. The van der Waals surface area contributed by atoms with Gasteiger partial charge in [0.15, 0.2) is 0 Å². The highest BCUT2D eigenvalue weighted by Gasteiger charge is 2.18. The highest BCUT2D eigenvalue weighted by molar-refractivity contribution is 6.30. The van der Waals surface area contributed by atoms with E-state index in [2.05, 4.69) is 0 Å². The van der Waals surface area contributed by atoms with Crippen LogP contribution in [0.25, 0.3) is 16.9 Å². The third-order valence-electron chi connectivity index (χ3n) is 4.45. The number of nitrogens with zero attached hydrogens (tertiary/aromatic N) is 3. The van der Waals surface area contributed by atoms with E-state index in [1.165, 1.54) is 12.5 Å². The van der Waals surface area contributed by atoms with Crippen molar-refractivity contribution in [2.45, 2.75) is 6.54 Å². The van der Waals surface area contributed by atoms with E-state index >= 15 is 0 Å². The Morgan fingerprint density at radius 2 is 1.86 bits per heavy atom. The molecule has 0 aliphatic heterocycles. The fraction of sp³-hybridized carbons (Fsp3) is 0.0909. The largest absolute Gasteiger partial charge is 0.472 e. The number of rotatable bonds is 5. The fourth-order valence-corrected chi connectivity index (χ4v) is 3.15. The molecule has 0 radical (unpaired) electrons. The topological polar surface area (TPSA) is 51.3 Å². The number of para-hydroxylation sites is 1. The number of hydrogen-bond donors (Lipinski definition) is 0. The van der Waals surface area contributed by atoms with E-state index in [-0.39, 0.29) is 5.91 Å². The Labute approximate surface area is 167 Å². The van der Waals surface area contributed by atoms with Gasteiger partial charge in [0.2, 0.25) is 0 Å². The zero-order chi connectivity index (χ0) is 19.5. The zero-order valence-corrected chi connectivity index (χ0v) is 16.0. The van der Waals surface area contributed by atoms with Gasteiger partial charge in [-0.25, -0.2) is 4.68 Å². The van der Waals surface area contributed by atoms with E-state index in [0.717, 1.165) is 22.5 Å². The second-order valence-corrected chi connectivity index (χ2v) is 6.90. The molecule has 0 fully saturated rings. The molecular weight excluding hydrogens is 374 g/mol. The molecule has 1 amide bonds. The number of hydrogen-bond acceptors (Lipinski definition) is 3. The number of carbonyl (C=O) groups is 1. The van der Waals surface area contributed by atoms with Crippen molar-refractivity contribution in [2.24, 2.45) is 0 Å². The minimum Gasteiger partial charge on any atom is -0.472 e. The average molecular weight is 392 g/mol. The van der Waals surface area contributed by atoms with Crippen LogP contribution in [0.4, 0.5) is 0 Å². The molecule has 0 saturated heterocycles. The Bertz CT molecular complexity index is 1070. The van der Waals surface area contributed by atoms with Crippen LogP contribution in [0.2, 0.25) is 5.02 Å². The third kappa shape index (κ3) is 3.70. The van der Waals surface area contributed by atoms with Gasteiger partial charge in [0, 0.05) is 35.9 Å². The van der Waals surface area contributed by atoms with Crippen LogP contribution in [0.5, 0.6) is 0 Å². The molecule has 6 heteroatoms. The standard InChI is InChI=1S/C22H18ClN3O2/c1-25(22(27)17-11-12-28-15-17)13-18-14-26(20-5-3-2-4-6-20)24-21(18)16-7-9-19(23)10-8-16/h2-12,14-15H,13H2,1H3. The summed E-state index contributed by atoms with van der Waals surface area (Å²) in [5, 5.41) is 5.44. The summed E-state index contributed by atoms with van der Waals surface area (Å²) in [5.41, 5.74) is 4.16. The molecule has 28 heavy (non-hydrogen) atoms. The van der Waals surface area contributed by atoms with Crippen LogP contribution in [0.1, 0.15) is 15.9 Å². The number of amides is 1. The summed E-state index contributed by atoms with van der Waals surface area (Å²) >= 11 is 6.04. The van der Waals surface area contributed by atoms with E-state index in [9.17, 15) is 4.79 Å². The van der Waals surface area contributed by atoms with Crippen molar-refractivity contribution in [1.29, 1.82) is 0 Å². The van der Waals surface area contributed by atoms with Gasteiger partial charge in [0.05, 0.1) is 23.2 Å². The molecule has 0 bridgehead atoms. The predicted octanol–water partition coefficient (Wildman–Crippen LogP) is 5.06. The van der Waals surface area contributed by atoms with Gasteiger partial charge in [0.25, 0.3) is 5.91 Å². The number of halogens is 1. The molecule has 0 saturated carbocycles. The van der Waals surface area contributed by atoms with E-state index < -0.39 is 0 Å². The molecule has 0 N–H and O–H groups in total. The molecule has 4 aromatic rings. The second-order valence-electron chi connectivity index (χ2n) is 6.46. The number of furan rings is 1. The van der Waals surface area contributed by atoms with Crippen molar-refractivity contribution < 1.29 is 9.21 Å². The molecule has 2 aromatic heterocycles. The van der Waals surface area contributed by atoms with Crippen LogP contribution in [0.3, 0.4) is 0 Å². The number of carbonyl (C=O) groups excluding carboxylic acids is 1. The maximum absolute atomic E-state index is 12.6. The van der Waals surface area contributed by atoms with Gasteiger partial charge in [-0.15, -0.1) is 0 Å². The molecule has 0 unspecified atom stereocenters. The first-order chi connectivity index (χ1) is 13.6. The molecule has 2 aromatic carbocycles. The van der Waals surface area contributed by atoms with Gasteiger partial charge in [-0.2, -0.15) is 5.10 Å². The summed E-state index contributed by atoms with van der Waals surface area (Å²) in [6.07, 6.45) is 4.90. The Morgan fingerprint density at radius 1 is 1.11 bits per heavy atom. The van der Waals surface area contributed by atoms with Gasteiger partial charge in [-0.3, -0.25) is 4.79 Å². The minimum absolute atomic E-state index is 0.108. The van der Waals surface area contributed by atoms with Crippen molar-refractivity contribution in [2.75, 3.05) is 7.05 Å². The maximum atomic E-state index is 12.6. The first kappa shape index (κ1) is 18.1. The van der Waals surface area contributed by atoms with Gasteiger partial charge >= 0.3 is 0 Å². The van der Waals surface area contributed by atoms with Gasteiger partial charge in [-0.05, 0) is 30.3 Å². The highest BCUT2D eigenvalue weighted by Crippen LogP contribution is 2.26. The lowest BCUT2D eigenvalue weighted by atomic mass is 10.1. The first-order valence-electron chi connectivity index (χ1n) is 8.79. The third-order valence-corrected chi connectivity index (χ3v) is 4.70. The molecule has 5 nitrogen and oxygen atoms in total. The van der Waals surface area contributed by atoms with Crippen LogP contribution >= 0.6 is 11.6 Å². The Hall–Kier alpha value is -3.31. The van der Waals surface area contributed by atoms with Gasteiger partial charge < -0.3 is 9.32 Å². The quantitative estimate of drug-likeness (QED) is 0.478. The molecule has 0 atom stereocenters. The number of benzene rings is 2.